The molecule has 1 aliphatic carbocycles. The molecule has 5 heteroatoms. The maximum atomic E-state index is 13.8. The van der Waals surface area contributed by atoms with Crippen molar-refractivity contribution in [1.82, 2.24) is 10.6 Å². The zero-order chi connectivity index (χ0) is 17.6. The summed E-state index contributed by atoms with van der Waals surface area (Å²) in [5.41, 5.74) is 7.35. The second-order valence-corrected chi connectivity index (χ2v) is 6.48. The Morgan fingerprint density at radius 2 is 1.88 bits per heavy atom. The zero-order valence-corrected chi connectivity index (χ0v) is 14.1. The van der Waals surface area contributed by atoms with Gasteiger partial charge in [0, 0.05) is 12.0 Å². The summed E-state index contributed by atoms with van der Waals surface area (Å²) in [6, 6.07) is 16.3. The van der Waals surface area contributed by atoms with Gasteiger partial charge in [0.15, 0.2) is 0 Å². The highest BCUT2D eigenvalue weighted by atomic mass is 19.1. The van der Waals surface area contributed by atoms with E-state index in [2.05, 4.69) is 10.6 Å². The van der Waals surface area contributed by atoms with Gasteiger partial charge in [-0.3, -0.25) is 0 Å². The smallest absolute Gasteiger partial charge is 0.315 e. The van der Waals surface area contributed by atoms with Crippen molar-refractivity contribution >= 4 is 6.03 Å². The summed E-state index contributed by atoms with van der Waals surface area (Å²) in [5, 5.41) is 5.99. The molecule has 0 spiro atoms. The van der Waals surface area contributed by atoms with Crippen LogP contribution in [0.2, 0.25) is 0 Å². The number of carbonyl (C=O) groups is 1. The normalized spacial score (nSPS) is 19.9. The van der Waals surface area contributed by atoms with Gasteiger partial charge >= 0.3 is 6.03 Å². The molecule has 3 atom stereocenters. The van der Waals surface area contributed by atoms with Gasteiger partial charge in [0.1, 0.15) is 5.82 Å². The minimum absolute atomic E-state index is 0.0113. The van der Waals surface area contributed by atoms with Crippen LogP contribution in [0, 0.1) is 5.82 Å². The van der Waals surface area contributed by atoms with E-state index in [4.69, 9.17) is 5.73 Å². The number of carbonyl (C=O) groups excluding carboxylic acids is 1. The van der Waals surface area contributed by atoms with Gasteiger partial charge in [-0.15, -0.1) is 0 Å². The third-order valence-corrected chi connectivity index (χ3v) is 4.62. The minimum atomic E-state index is -0.213. The molecule has 3 rings (SSSR count). The number of hydrogen-bond donors (Lipinski definition) is 3. The molecule has 1 saturated carbocycles. The fraction of sp³-hybridized carbons (Fsp3) is 0.350. The maximum Gasteiger partial charge on any atom is 0.315 e. The van der Waals surface area contributed by atoms with E-state index in [9.17, 15) is 9.18 Å². The van der Waals surface area contributed by atoms with Crippen LogP contribution in [-0.2, 0) is 0 Å². The molecule has 1 fully saturated rings. The molecular weight excluding hydrogens is 317 g/mol. The molecule has 132 valence electrons. The predicted molar refractivity (Wildman–Crippen MR) is 96.7 cm³/mol. The number of nitrogens with two attached hydrogens (primary N) is 1. The first kappa shape index (κ1) is 17.4. The van der Waals surface area contributed by atoms with E-state index in [-0.39, 0.29) is 29.8 Å². The number of urea groups is 1. The number of rotatable bonds is 7. The van der Waals surface area contributed by atoms with E-state index < -0.39 is 0 Å². The topological polar surface area (TPSA) is 67.1 Å². The Morgan fingerprint density at radius 1 is 1.16 bits per heavy atom. The van der Waals surface area contributed by atoms with E-state index in [1.807, 2.05) is 36.4 Å². The van der Waals surface area contributed by atoms with Crippen LogP contribution in [0.4, 0.5) is 9.18 Å². The highest BCUT2D eigenvalue weighted by Gasteiger charge is 2.41. The van der Waals surface area contributed by atoms with Gasteiger partial charge in [-0.05, 0) is 43.0 Å². The van der Waals surface area contributed by atoms with Crippen molar-refractivity contribution < 1.29 is 9.18 Å². The van der Waals surface area contributed by atoms with Crippen LogP contribution in [0.25, 0.3) is 0 Å². The number of benzene rings is 2. The third-order valence-electron chi connectivity index (χ3n) is 4.62. The summed E-state index contributed by atoms with van der Waals surface area (Å²) in [6.07, 6.45) is 2.39. The third kappa shape index (κ3) is 4.57. The fourth-order valence-electron chi connectivity index (χ4n) is 3.17. The fourth-order valence-corrected chi connectivity index (χ4v) is 3.17. The van der Waals surface area contributed by atoms with Crippen LogP contribution in [-0.4, -0.2) is 18.6 Å². The molecular formula is C20H24FN3O. The van der Waals surface area contributed by atoms with Crippen molar-refractivity contribution in [3.05, 3.63) is 71.5 Å². The van der Waals surface area contributed by atoms with Crippen LogP contribution in [0.3, 0.4) is 0 Å². The Kier molecular flexibility index (Phi) is 5.66. The second kappa shape index (κ2) is 8.12. The summed E-state index contributed by atoms with van der Waals surface area (Å²) in [5.74, 6) is -0.145. The Balaban J connectivity index is 1.57. The summed E-state index contributed by atoms with van der Waals surface area (Å²) in [7, 11) is 0. The summed E-state index contributed by atoms with van der Waals surface area (Å²) in [6.45, 7) is 0.588. The second-order valence-electron chi connectivity index (χ2n) is 6.48. The molecule has 0 radical (unpaired) electrons. The molecule has 0 bridgehead atoms. The van der Waals surface area contributed by atoms with E-state index in [1.54, 1.807) is 12.1 Å². The molecule has 1 aliphatic rings. The van der Waals surface area contributed by atoms with Crippen LogP contribution in [0.5, 0.6) is 0 Å². The lowest BCUT2D eigenvalue weighted by molar-refractivity contribution is 0.235. The maximum absolute atomic E-state index is 13.8. The lowest BCUT2D eigenvalue weighted by Crippen LogP contribution is -2.39. The van der Waals surface area contributed by atoms with Crippen molar-refractivity contribution in [1.29, 1.82) is 0 Å². The largest absolute Gasteiger partial charge is 0.335 e. The summed E-state index contributed by atoms with van der Waals surface area (Å²) < 4.78 is 13.8. The molecule has 0 heterocycles. The molecule has 2 amide bonds. The van der Waals surface area contributed by atoms with Crippen LogP contribution in [0.15, 0.2) is 54.6 Å². The highest BCUT2D eigenvalue weighted by Crippen LogP contribution is 2.41. The van der Waals surface area contributed by atoms with Gasteiger partial charge in [0.2, 0.25) is 0 Å². The molecule has 1 unspecified atom stereocenters. The van der Waals surface area contributed by atoms with Crippen molar-refractivity contribution in [2.45, 2.75) is 37.3 Å². The Morgan fingerprint density at radius 3 is 2.60 bits per heavy atom. The zero-order valence-electron chi connectivity index (χ0n) is 14.1. The molecule has 4 N–H and O–H groups in total. The van der Waals surface area contributed by atoms with Crippen LogP contribution in [0.1, 0.15) is 42.3 Å². The van der Waals surface area contributed by atoms with E-state index in [0.29, 0.717) is 12.1 Å². The van der Waals surface area contributed by atoms with E-state index >= 15 is 0 Å². The molecule has 2 aromatic rings. The molecule has 4 nitrogen and oxygen atoms in total. The summed E-state index contributed by atoms with van der Waals surface area (Å²) >= 11 is 0. The molecule has 2 aromatic carbocycles. The van der Waals surface area contributed by atoms with Gasteiger partial charge in [-0.25, -0.2) is 9.18 Å². The Labute approximate surface area is 147 Å². The quantitative estimate of drug-likeness (QED) is 0.722. The molecule has 0 aliphatic heterocycles. The van der Waals surface area contributed by atoms with Crippen LogP contribution < -0.4 is 16.4 Å². The standard InChI is InChI=1S/C20H24FN3O/c21-17-10-5-4-9-15(17)16-13-19(16)24-20(25)23-18(11-6-12-22)14-7-2-1-3-8-14/h1-5,7-10,16,18-19H,6,11-13,22H2,(H2,23,24,25)/t16-,18?,19+/m0/s1. The van der Waals surface area contributed by atoms with Crippen molar-refractivity contribution in [3.8, 4) is 0 Å². The van der Waals surface area contributed by atoms with E-state index in [0.717, 1.165) is 24.8 Å². The predicted octanol–water partition coefficient (Wildman–Crippen LogP) is 3.46. The SMILES string of the molecule is NCCCC(NC(=O)N[C@@H]1C[C@H]1c1ccccc1F)c1ccccc1. The van der Waals surface area contributed by atoms with Gasteiger partial charge in [0.05, 0.1) is 6.04 Å². The van der Waals surface area contributed by atoms with Crippen molar-refractivity contribution in [2.24, 2.45) is 5.73 Å². The van der Waals surface area contributed by atoms with Crippen molar-refractivity contribution in [3.63, 3.8) is 0 Å². The lowest BCUT2D eigenvalue weighted by atomic mass is 10.0. The average Bonchev–Trinajstić information content (AvgIpc) is 3.38. The first-order valence-electron chi connectivity index (χ1n) is 8.75. The minimum Gasteiger partial charge on any atom is -0.335 e. The highest BCUT2D eigenvalue weighted by molar-refractivity contribution is 5.75. The monoisotopic (exact) mass is 341 g/mol. The van der Waals surface area contributed by atoms with Gasteiger partial charge in [-0.2, -0.15) is 0 Å². The van der Waals surface area contributed by atoms with Crippen molar-refractivity contribution in [2.75, 3.05) is 6.54 Å². The number of nitrogens with one attached hydrogen (secondary N) is 2. The van der Waals surface area contributed by atoms with Gasteiger partial charge < -0.3 is 16.4 Å². The average molecular weight is 341 g/mol. The molecule has 25 heavy (non-hydrogen) atoms. The molecule has 0 saturated heterocycles. The number of halogens is 1. The first-order valence-corrected chi connectivity index (χ1v) is 8.75. The van der Waals surface area contributed by atoms with Gasteiger partial charge in [0.25, 0.3) is 0 Å². The van der Waals surface area contributed by atoms with Gasteiger partial charge in [-0.1, -0.05) is 48.5 Å². The van der Waals surface area contributed by atoms with E-state index in [1.165, 1.54) is 6.07 Å². The first-order chi connectivity index (χ1) is 12.2. The Bertz CT molecular complexity index is 707. The lowest BCUT2D eigenvalue weighted by Gasteiger charge is -2.19. The van der Waals surface area contributed by atoms with Crippen LogP contribution >= 0.6 is 0 Å². The Hall–Kier alpha value is -2.40. The molecule has 0 aromatic heterocycles. The summed E-state index contributed by atoms with van der Waals surface area (Å²) in [4.78, 5) is 12.4. The number of hydrogen-bond acceptors (Lipinski definition) is 2. The number of amides is 2.